The van der Waals surface area contributed by atoms with Crippen molar-refractivity contribution in [1.82, 2.24) is 5.32 Å². The molecule has 4 heteroatoms. The van der Waals surface area contributed by atoms with Gasteiger partial charge in [-0.15, -0.1) is 0 Å². The van der Waals surface area contributed by atoms with Crippen LogP contribution in [0, 0.1) is 0 Å². The Bertz CT molecular complexity index is 477. The minimum absolute atomic E-state index is 0.0287. The first-order chi connectivity index (χ1) is 10.3. The van der Waals surface area contributed by atoms with E-state index in [9.17, 15) is 4.79 Å². The summed E-state index contributed by atoms with van der Waals surface area (Å²) < 4.78 is 5.43. The first-order valence-electron chi connectivity index (χ1n) is 8.07. The molecule has 0 saturated carbocycles. The normalized spacial score (nSPS) is 22.3. The molecule has 114 valence electrons. The molecular formula is C17H24N2O2. The first-order valence-corrected chi connectivity index (χ1v) is 8.07. The van der Waals surface area contributed by atoms with Crippen molar-refractivity contribution in [2.75, 3.05) is 24.6 Å². The smallest absolute Gasteiger partial charge is 0.249 e. The van der Waals surface area contributed by atoms with Gasteiger partial charge in [-0.1, -0.05) is 18.2 Å². The molecule has 1 atom stereocenters. The lowest BCUT2D eigenvalue weighted by Crippen LogP contribution is -2.35. The zero-order valence-electron chi connectivity index (χ0n) is 12.5. The number of hydrogen-bond donors (Lipinski definition) is 1. The predicted molar refractivity (Wildman–Crippen MR) is 83.3 cm³/mol. The molecular weight excluding hydrogens is 264 g/mol. The van der Waals surface area contributed by atoms with Crippen LogP contribution in [0.4, 0.5) is 5.69 Å². The van der Waals surface area contributed by atoms with Gasteiger partial charge in [0.05, 0.1) is 0 Å². The van der Waals surface area contributed by atoms with Crippen molar-refractivity contribution in [3.8, 4) is 0 Å². The molecule has 1 amide bonds. The maximum atomic E-state index is 12.1. The average molecular weight is 288 g/mol. The fraction of sp³-hybridized carbons (Fsp3) is 0.588. The summed E-state index contributed by atoms with van der Waals surface area (Å²) in [6, 6.07) is 8.40. The lowest BCUT2D eigenvalue weighted by molar-refractivity contribution is -0.130. The molecule has 1 N–H and O–H groups in total. The number of ether oxygens (including phenoxy) is 1. The molecule has 0 aromatic heterocycles. The number of amides is 1. The van der Waals surface area contributed by atoms with E-state index >= 15 is 0 Å². The fourth-order valence-electron chi connectivity index (χ4n) is 3.18. The number of para-hydroxylation sites is 1. The minimum Gasteiger partial charge on any atom is -0.371 e. The molecule has 4 nitrogen and oxygen atoms in total. The molecule has 2 fully saturated rings. The highest BCUT2D eigenvalue weighted by atomic mass is 16.5. The summed E-state index contributed by atoms with van der Waals surface area (Å²) in [5.74, 6) is 0.0287. The number of rotatable bonds is 4. The maximum Gasteiger partial charge on any atom is 0.249 e. The van der Waals surface area contributed by atoms with Gasteiger partial charge in [-0.05, 0) is 43.7 Å². The highest BCUT2D eigenvalue weighted by Crippen LogP contribution is 2.24. The summed E-state index contributed by atoms with van der Waals surface area (Å²) in [7, 11) is 0. The highest BCUT2D eigenvalue weighted by Gasteiger charge is 2.23. The van der Waals surface area contributed by atoms with E-state index in [-0.39, 0.29) is 12.0 Å². The molecule has 1 unspecified atom stereocenters. The van der Waals surface area contributed by atoms with Crippen molar-refractivity contribution >= 4 is 11.6 Å². The monoisotopic (exact) mass is 288 g/mol. The van der Waals surface area contributed by atoms with Crippen molar-refractivity contribution in [2.45, 2.75) is 44.8 Å². The summed E-state index contributed by atoms with van der Waals surface area (Å²) in [4.78, 5) is 14.5. The van der Waals surface area contributed by atoms with Crippen LogP contribution in [0.15, 0.2) is 24.3 Å². The summed E-state index contributed by atoms with van der Waals surface area (Å²) in [6.07, 6.45) is 5.44. The van der Waals surface area contributed by atoms with Crippen LogP contribution in [0.2, 0.25) is 0 Å². The van der Waals surface area contributed by atoms with Crippen LogP contribution in [0.3, 0.4) is 0 Å². The number of anilines is 1. The molecule has 3 rings (SSSR count). The van der Waals surface area contributed by atoms with Gasteiger partial charge in [0, 0.05) is 31.9 Å². The molecule has 2 heterocycles. The van der Waals surface area contributed by atoms with Gasteiger partial charge in [-0.25, -0.2) is 0 Å². The third-order valence-electron chi connectivity index (χ3n) is 4.36. The molecule has 0 spiro atoms. The summed E-state index contributed by atoms with van der Waals surface area (Å²) >= 11 is 0. The Morgan fingerprint density at radius 1 is 1.19 bits per heavy atom. The minimum atomic E-state index is -0.243. The first kappa shape index (κ1) is 14.4. The average Bonchev–Trinajstić information content (AvgIpc) is 3.08. The Morgan fingerprint density at radius 3 is 2.76 bits per heavy atom. The zero-order valence-corrected chi connectivity index (χ0v) is 12.5. The zero-order chi connectivity index (χ0) is 14.5. The van der Waals surface area contributed by atoms with E-state index < -0.39 is 0 Å². The number of hydrogen-bond acceptors (Lipinski definition) is 3. The number of carbonyl (C=O) groups excluding carboxylic acids is 1. The summed E-state index contributed by atoms with van der Waals surface area (Å²) in [5.41, 5.74) is 2.47. The summed E-state index contributed by atoms with van der Waals surface area (Å²) in [6.45, 7) is 3.54. The molecule has 0 bridgehead atoms. The van der Waals surface area contributed by atoms with Crippen molar-refractivity contribution in [3.05, 3.63) is 29.8 Å². The van der Waals surface area contributed by atoms with Crippen molar-refractivity contribution in [1.29, 1.82) is 0 Å². The Balaban J connectivity index is 1.63. The largest absolute Gasteiger partial charge is 0.371 e. The lowest BCUT2D eigenvalue weighted by atomic mass is 10.1. The topological polar surface area (TPSA) is 41.6 Å². The van der Waals surface area contributed by atoms with E-state index in [1.54, 1.807) is 0 Å². The maximum absolute atomic E-state index is 12.1. The Labute approximate surface area is 126 Å². The van der Waals surface area contributed by atoms with Gasteiger partial charge >= 0.3 is 0 Å². The van der Waals surface area contributed by atoms with Gasteiger partial charge in [0.1, 0.15) is 6.10 Å². The molecule has 0 radical (unpaired) electrons. The van der Waals surface area contributed by atoms with Crippen molar-refractivity contribution < 1.29 is 9.53 Å². The van der Waals surface area contributed by atoms with Gasteiger partial charge < -0.3 is 15.0 Å². The Hall–Kier alpha value is -1.55. The second-order valence-corrected chi connectivity index (χ2v) is 5.90. The molecule has 2 aliphatic heterocycles. The van der Waals surface area contributed by atoms with Gasteiger partial charge in [0.15, 0.2) is 0 Å². The van der Waals surface area contributed by atoms with Crippen LogP contribution < -0.4 is 10.2 Å². The lowest BCUT2D eigenvalue weighted by Gasteiger charge is -2.30. The van der Waals surface area contributed by atoms with E-state index in [1.807, 2.05) is 6.07 Å². The number of nitrogens with one attached hydrogen (secondary N) is 1. The van der Waals surface area contributed by atoms with Crippen LogP contribution in [0.5, 0.6) is 0 Å². The van der Waals surface area contributed by atoms with Crippen LogP contribution in [-0.2, 0) is 16.1 Å². The standard InChI is InChI=1S/C17H24N2O2/c20-17(16-9-6-12-21-16)18-13-14-7-2-3-8-15(14)19-10-4-1-5-11-19/h2-3,7-8,16H,1,4-6,9-13H2,(H,18,20). The van der Waals surface area contributed by atoms with Crippen LogP contribution >= 0.6 is 0 Å². The second kappa shape index (κ2) is 6.94. The Morgan fingerprint density at radius 2 is 2.00 bits per heavy atom. The Kier molecular flexibility index (Phi) is 4.76. The van der Waals surface area contributed by atoms with E-state index in [0.29, 0.717) is 13.2 Å². The third-order valence-corrected chi connectivity index (χ3v) is 4.36. The van der Waals surface area contributed by atoms with Gasteiger partial charge in [0.2, 0.25) is 5.91 Å². The van der Waals surface area contributed by atoms with Crippen LogP contribution in [-0.4, -0.2) is 31.7 Å². The van der Waals surface area contributed by atoms with E-state index in [1.165, 1.54) is 30.5 Å². The molecule has 0 aliphatic carbocycles. The second-order valence-electron chi connectivity index (χ2n) is 5.90. The molecule has 1 aromatic carbocycles. The van der Waals surface area contributed by atoms with E-state index in [4.69, 9.17) is 4.74 Å². The van der Waals surface area contributed by atoms with E-state index in [2.05, 4.69) is 28.4 Å². The molecule has 1 aromatic rings. The van der Waals surface area contributed by atoms with Crippen LogP contribution in [0.1, 0.15) is 37.7 Å². The number of piperidine rings is 1. The van der Waals surface area contributed by atoms with Crippen LogP contribution in [0.25, 0.3) is 0 Å². The third kappa shape index (κ3) is 3.56. The molecule has 2 saturated heterocycles. The highest BCUT2D eigenvalue weighted by molar-refractivity contribution is 5.81. The molecule has 21 heavy (non-hydrogen) atoms. The van der Waals surface area contributed by atoms with Crippen molar-refractivity contribution in [2.24, 2.45) is 0 Å². The summed E-state index contributed by atoms with van der Waals surface area (Å²) in [5, 5.41) is 3.03. The molecule has 2 aliphatic rings. The number of carbonyl (C=O) groups is 1. The SMILES string of the molecule is O=C(NCc1ccccc1N1CCCCC1)C1CCCO1. The van der Waals surface area contributed by atoms with Gasteiger partial charge in [-0.3, -0.25) is 4.79 Å². The van der Waals surface area contributed by atoms with Gasteiger partial charge in [-0.2, -0.15) is 0 Å². The number of benzene rings is 1. The quantitative estimate of drug-likeness (QED) is 0.925. The van der Waals surface area contributed by atoms with E-state index in [0.717, 1.165) is 25.9 Å². The predicted octanol–water partition coefficient (Wildman–Crippen LogP) is 2.47. The fourth-order valence-corrected chi connectivity index (χ4v) is 3.18. The van der Waals surface area contributed by atoms with Gasteiger partial charge in [0.25, 0.3) is 0 Å². The number of nitrogens with zero attached hydrogens (tertiary/aromatic N) is 1. The van der Waals surface area contributed by atoms with Crippen molar-refractivity contribution in [3.63, 3.8) is 0 Å².